The van der Waals surface area contributed by atoms with Crippen LogP contribution in [0.15, 0.2) is 24.3 Å². The molecule has 0 unspecified atom stereocenters. The van der Waals surface area contributed by atoms with Crippen LogP contribution in [0.4, 0.5) is 13.2 Å². The molecular formula is C13H12F3NO3S. The molecule has 0 aromatic heterocycles. The number of benzene rings is 1. The van der Waals surface area contributed by atoms with Crippen molar-refractivity contribution in [1.29, 1.82) is 0 Å². The average molecular weight is 319 g/mol. The van der Waals surface area contributed by atoms with Crippen LogP contribution in [0.3, 0.4) is 0 Å². The Morgan fingerprint density at radius 1 is 1.38 bits per heavy atom. The highest BCUT2D eigenvalue weighted by Crippen LogP contribution is 2.33. The van der Waals surface area contributed by atoms with Gasteiger partial charge in [0.25, 0.3) is 0 Å². The van der Waals surface area contributed by atoms with E-state index in [0.717, 1.165) is 17.8 Å². The maximum Gasteiger partial charge on any atom is 0.416 e. The van der Waals surface area contributed by atoms with Crippen molar-refractivity contribution < 1.29 is 27.9 Å². The van der Waals surface area contributed by atoms with Crippen LogP contribution < -0.4 is 5.32 Å². The standard InChI is InChI=1S/C13H12F3NO3S/c14-13(15,16)8-4-2-1-3-7(8)5-10-11(18)17-9(6-21-10)12(19)20/h1-4,9-10H,5-6H2,(H,17,18)(H,19,20)/t9-,10+/m1/s1. The third-order valence-electron chi connectivity index (χ3n) is 3.10. The quantitative estimate of drug-likeness (QED) is 0.893. The number of nitrogens with one attached hydrogen (secondary N) is 1. The molecule has 0 bridgehead atoms. The summed E-state index contributed by atoms with van der Waals surface area (Å²) < 4.78 is 38.6. The second kappa shape index (κ2) is 5.97. The van der Waals surface area contributed by atoms with Crippen LogP contribution in [0.1, 0.15) is 11.1 Å². The molecule has 8 heteroatoms. The van der Waals surface area contributed by atoms with Gasteiger partial charge in [-0.05, 0) is 18.1 Å². The van der Waals surface area contributed by atoms with Crippen molar-refractivity contribution in [2.24, 2.45) is 0 Å². The molecule has 2 rings (SSSR count). The van der Waals surface area contributed by atoms with Crippen molar-refractivity contribution in [2.45, 2.75) is 23.9 Å². The van der Waals surface area contributed by atoms with Gasteiger partial charge in [0.05, 0.1) is 10.8 Å². The number of carboxylic acid groups (broad SMARTS) is 1. The number of carbonyl (C=O) groups excluding carboxylic acids is 1. The van der Waals surface area contributed by atoms with E-state index in [1.807, 2.05) is 0 Å². The highest BCUT2D eigenvalue weighted by molar-refractivity contribution is 8.00. The smallest absolute Gasteiger partial charge is 0.416 e. The minimum Gasteiger partial charge on any atom is -0.480 e. The summed E-state index contributed by atoms with van der Waals surface area (Å²) in [4.78, 5) is 22.6. The average Bonchev–Trinajstić information content (AvgIpc) is 2.40. The predicted molar refractivity (Wildman–Crippen MR) is 71.0 cm³/mol. The molecule has 1 aromatic carbocycles. The van der Waals surface area contributed by atoms with Crippen LogP contribution in [0.2, 0.25) is 0 Å². The number of halogens is 3. The Morgan fingerprint density at radius 3 is 2.62 bits per heavy atom. The number of hydrogen-bond acceptors (Lipinski definition) is 3. The first-order chi connectivity index (χ1) is 9.79. The maximum absolute atomic E-state index is 12.9. The molecule has 1 saturated heterocycles. The minimum atomic E-state index is -4.48. The first-order valence-corrected chi connectivity index (χ1v) is 7.14. The molecule has 1 fully saturated rings. The van der Waals surface area contributed by atoms with Crippen LogP contribution in [0.5, 0.6) is 0 Å². The van der Waals surface area contributed by atoms with Gasteiger partial charge in [-0.15, -0.1) is 11.8 Å². The molecule has 114 valence electrons. The summed E-state index contributed by atoms with van der Waals surface area (Å²) in [5, 5.41) is 10.4. The zero-order valence-electron chi connectivity index (χ0n) is 10.7. The lowest BCUT2D eigenvalue weighted by molar-refractivity contribution is -0.141. The maximum atomic E-state index is 12.9. The van der Waals surface area contributed by atoms with Crippen LogP contribution >= 0.6 is 11.8 Å². The number of alkyl halides is 3. The van der Waals surface area contributed by atoms with Gasteiger partial charge < -0.3 is 10.4 Å². The van der Waals surface area contributed by atoms with E-state index in [-0.39, 0.29) is 17.7 Å². The van der Waals surface area contributed by atoms with E-state index in [1.165, 1.54) is 18.2 Å². The van der Waals surface area contributed by atoms with Crippen molar-refractivity contribution >= 4 is 23.6 Å². The third-order valence-corrected chi connectivity index (χ3v) is 4.41. The molecule has 2 N–H and O–H groups in total. The van der Waals surface area contributed by atoms with E-state index in [4.69, 9.17) is 5.11 Å². The Bertz CT molecular complexity index is 562. The van der Waals surface area contributed by atoms with E-state index in [0.29, 0.717) is 0 Å². The molecule has 1 aliphatic heterocycles. The highest BCUT2D eigenvalue weighted by atomic mass is 32.2. The summed E-state index contributed by atoms with van der Waals surface area (Å²) in [5.41, 5.74) is -0.731. The van der Waals surface area contributed by atoms with Crippen LogP contribution in [-0.4, -0.2) is 34.0 Å². The summed E-state index contributed by atoms with van der Waals surface area (Å²) >= 11 is 1.06. The molecule has 4 nitrogen and oxygen atoms in total. The fourth-order valence-electron chi connectivity index (χ4n) is 2.05. The van der Waals surface area contributed by atoms with Crippen molar-refractivity contribution in [3.8, 4) is 0 Å². The van der Waals surface area contributed by atoms with Crippen molar-refractivity contribution in [1.82, 2.24) is 5.32 Å². The van der Waals surface area contributed by atoms with Gasteiger partial charge in [-0.1, -0.05) is 18.2 Å². The van der Waals surface area contributed by atoms with Gasteiger partial charge in [-0.2, -0.15) is 13.2 Å². The lowest BCUT2D eigenvalue weighted by atomic mass is 10.0. The van der Waals surface area contributed by atoms with E-state index in [1.54, 1.807) is 0 Å². The van der Waals surface area contributed by atoms with Gasteiger partial charge in [0.2, 0.25) is 5.91 Å². The lowest BCUT2D eigenvalue weighted by Crippen LogP contribution is -2.51. The molecule has 0 spiro atoms. The number of rotatable bonds is 3. The van der Waals surface area contributed by atoms with E-state index < -0.39 is 34.9 Å². The molecule has 0 aliphatic carbocycles. The van der Waals surface area contributed by atoms with Crippen LogP contribution in [0.25, 0.3) is 0 Å². The molecule has 1 aliphatic rings. The molecular weight excluding hydrogens is 307 g/mol. The second-order valence-electron chi connectivity index (χ2n) is 4.58. The zero-order valence-corrected chi connectivity index (χ0v) is 11.5. The number of carboxylic acids is 1. The van der Waals surface area contributed by atoms with E-state index in [9.17, 15) is 22.8 Å². The molecule has 1 amide bonds. The van der Waals surface area contributed by atoms with Gasteiger partial charge in [0.1, 0.15) is 6.04 Å². The molecule has 0 radical (unpaired) electrons. The summed E-state index contributed by atoms with van der Waals surface area (Å²) in [7, 11) is 0. The van der Waals surface area contributed by atoms with E-state index >= 15 is 0 Å². The SMILES string of the molecule is O=C1N[C@@H](C(=O)O)CS[C@H]1Cc1ccccc1C(F)(F)F. The first kappa shape index (κ1) is 15.7. The number of thioether (sulfide) groups is 1. The van der Waals surface area contributed by atoms with E-state index in [2.05, 4.69) is 5.32 Å². The van der Waals surface area contributed by atoms with Gasteiger partial charge in [0, 0.05) is 5.75 Å². The summed E-state index contributed by atoms with van der Waals surface area (Å²) in [6.45, 7) is 0. The largest absolute Gasteiger partial charge is 0.480 e. The summed E-state index contributed by atoms with van der Waals surface area (Å²) in [6, 6.07) is 4.09. The van der Waals surface area contributed by atoms with Crippen LogP contribution in [-0.2, 0) is 22.2 Å². The number of hydrogen-bond donors (Lipinski definition) is 2. The molecule has 2 atom stereocenters. The number of carbonyl (C=O) groups is 2. The topological polar surface area (TPSA) is 66.4 Å². The Hall–Kier alpha value is -1.70. The molecule has 1 aromatic rings. The first-order valence-electron chi connectivity index (χ1n) is 6.09. The summed E-state index contributed by atoms with van der Waals surface area (Å²) in [5.74, 6) is -1.56. The van der Waals surface area contributed by atoms with Gasteiger partial charge in [0.15, 0.2) is 0 Å². The monoisotopic (exact) mass is 319 g/mol. The highest BCUT2D eigenvalue weighted by Gasteiger charge is 2.36. The Morgan fingerprint density at radius 2 is 2.05 bits per heavy atom. The second-order valence-corrected chi connectivity index (χ2v) is 5.82. The zero-order chi connectivity index (χ0) is 15.6. The van der Waals surface area contributed by atoms with Gasteiger partial charge in [-0.3, -0.25) is 4.79 Å². The molecule has 1 heterocycles. The van der Waals surface area contributed by atoms with Crippen LogP contribution in [0, 0.1) is 0 Å². The molecule has 21 heavy (non-hydrogen) atoms. The fourth-order valence-corrected chi connectivity index (χ4v) is 3.22. The lowest BCUT2D eigenvalue weighted by Gasteiger charge is -2.27. The van der Waals surface area contributed by atoms with Gasteiger partial charge >= 0.3 is 12.1 Å². The third kappa shape index (κ3) is 3.69. The van der Waals surface area contributed by atoms with Crippen molar-refractivity contribution in [2.75, 3.05) is 5.75 Å². The summed E-state index contributed by atoms with van der Waals surface area (Å²) in [6.07, 6.45) is -4.56. The van der Waals surface area contributed by atoms with Crippen molar-refractivity contribution in [3.05, 3.63) is 35.4 Å². The fraction of sp³-hybridized carbons (Fsp3) is 0.385. The number of aliphatic carboxylic acids is 1. The number of amides is 1. The van der Waals surface area contributed by atoms with Gasteiger partial charge in [-0.25, -0.2) is 4.79 Å². The Kier molecular flexibility index (Phi) is 4.46. The van der Waals surface area contributed by atoms with Crippen molar-refractivity contribution in [3.63, 3.8) is 0 Å². The normalized spacial score (nSPS) is 22.7. The molecule has 0 saturated carbocycles. The minimum absolute atomic E-state index is 0.0337. The Balaban J connectivity index is 2.13. The predicted octanol–water partition coefficient (Wildman–Crippen LogP) is 1.93. The Labute approximate surface area is 122 Å².